The van der Waals surface area contributed by atoms with Crippen molar-refractivity contribution >= 4 is 11.6 Å². The van der Waals surface area contributed by atoms with Crippen LogP contribution in [0, 0.1) is 0 Å². The highest BCUT2D eigenvalue weighted by Gasteiger charge is 2.32. The molecule has 1 aromatic rings. The summed E-state index contributed by atoms with van der Waals surface area (Å²) in [4.78, 5) is 11.6. The van der Waals surface area contributed by atoms with Gasteiger partial charge in [0.2, 0.25) is 5.91 Å². The second-order valence-electron chi connectivity index (χ2n) is 3.66. The van der Waals surface area contributed by atoms with Crippen LogP contribution in [0.25, 0.3) is 0 Å². The van der Waals surface area contributed by atoms with Gasteiger partial charge in [-0.15, -0.1) is 19.8 Å². The van der Waals surface area contributed by atoms with E-state index in [1.807, 2.05) is 0 Å². The molecule has 0 fully saturated rings. The lowest BCUT2D eigenvalue weighted by molar-refractivity contribution is -0.274. The first kappa shape index (κ1) is 15.0. The number of para-hydroxylation sites is 2. The lowest BCUT2D eigenvalue weighted by Gasteiger charge is -2.15. The molecule has 1 aromatic carbocycles. The molecule has 104 valence electrons. The summed E-state index contributed by atoms with van der Waals surface area (Å²) in [6.45, 7) is 3.42. The van der Waals surface area contributed by atoms with E-state index >= 15 is 0 Å². The average molecular weight is 274 g/mol. The van der Waals surface area contributed by atoms with Gasteiger partial charge in [-0.1, -0.05) is 18.2 Å². The number of nitrogens with two attached hydrogens (primary N) is 1. The summed E-state index contributed by atoms with van der Waals surface area (Å²) in [5.41, 5.74) is 5.41. The quantitative estimate of drug-likeness (QED) is 0.810. The van der Waals surface area contributed by atoms with Crippen LogP contribution in [-0.4, -0.2) is 18.3 Å². The maximum Gasteiger partial charge on any atom is 0.573 e. The van der Waals surface area contributed by atoms with E-state index in [2.05, 4.69) is 16.6 Å². The molecule has 1 unspecified atom stereocenters. The van der Waals surface area contributed by atoms with Crippen molar-refractivity contribution in [3.8, 4) is 5.75 Å². The monoisotopic (exact) mass is 274 g/mol. The van der Waals surface area contributed by atoms with Gasteiger partial charge in [-0.05, 0) is 18.6 Å². The molecule has 4 nitrogen and oxygen atoms in total. The topological polar surface area (TPSA) is 64.4 Å². The van der Waals surface area contributed by atoms with Gasteiger partial charge in [-0.3, -0.25) is 4.79 Å². The third-order valence-corrected chi connectivity index (χ3v) is 2.13. The van der Waals surface area contributed by atoms with Crippen LogP contribution >= 0.6 is 0 Å². The van der Waals surface area contributed by atoms with Gasteiger partial charge in [0, 0.05) is 0 Å². The van der Waals surface area contributed by atoms with Gasteiger partial charge >= 0.3 is 6.36 Å². The molecule has 0 aliphatic heterocycles. The number of benzene rings is 1. The first-order chi connectivity index (χ1) is 8.83. The molecule has 7 heteroatoms. The zero-order valence-electron chi connectivity index (χ0n) is 9.91. The minimum Gasteiger partial charge on any atom is -0.404 e. The number of carbonyl (C=O) groups excluding carboxylic acids is 1. The minimum absolute atomic E-state index is 0.0932. The Bertz CT molecular complexity index is 461. The van der Waals surface area contributed by atoms with Crippen LogP contribution < -0.4 is 15.8 Å². The Hall–Kier alpha value is -2.02. The lowest BCUT2D eigenvalue weighted by Crippen LogP contribution is -2.35. The van der Waals surface area contributed by atoms with E-state index in [0.29, 0.717) is 0 Å². The molecule has 3 N–H and O–H groups in total. The van der Waals surface area contributed by atoms with E-state index in [9.17, 15) is 18.0 Å². The van der Waals surface area contributed by atoms with Crippen LogP contribution in [0.1, 0.15) is 6.42 Å². The Kier molecular flexibility index (Phi) is 4.94. The highest BCUT2D eigenvalue weighted by atomic mass is 19.4. The molecule has 0 radical (unpaired) electrons. The number of halogens is 3. The van der Waals surface area contributed by atoms with Crippen molar-refractivity contribution in [3.63, 3.8) is 0 Å². The van der Waals surface area contributed by atoms with Crippen molar-refractivity contribution in [2.75, 3.05) is 5.32 Å². The molecular weight excluding hydrogens is 261 g/mol. The van der Waals surface area contributed by atoms with Crippen molar-refractivity contribution in [3.05, 3.63) is 36.9 Å². The van der Waals surface area contributed by atoms with Gasteiger partial charge < -0.3 is 15.8 Å². The lowest BCUT2D eigenvalue weighted by atomic mass is 10.2. The Morgan fingerprint density at radius 2 is 2.11 bits per heavy atom. The summed E-state index contributed by atoms with van der Waals surface area (Å²) in [5.74, 6) is -1.10. The molecule has 0 aliphatic rings. The highest BCUT2D eigenvalue weighted by Crippen LogP contribution is 2.29. The number of rotatable bonds is 5. The smallest absolute Gasteiger partial charge is 0.404 e. The molecule has 19 heavy (non-hydrogen) atoms. The van der Waals surface area contributed by atoms with E-state index in [0.717, 1.165) is 6.07 Å². The predicted octanol–water partition coefficient (Wildman–Crippen LogP) is 2.43. The fourth-order valence-corrected chi connectivity index (χ4v) is 1.30. The second-order valence-corrected chi connectivity index (χ2v) is 3.66. The van der Waals surface area contributed by atoms with Crippen LogP contribution in [0.3, 0.4) is 0 Å². The fourth-order valence-electron chi connectivity index (χ4n) is 1.30. The normalized spacial score (nSPS) is 12.6. The molecule has 1 atom stereocenters. The number of alkyl halides is 3. The molecule has 1 rings (SSSR count). The Labute approximate surface area is 108 Å². The molecule has 0 aliphatic carbocycles. The summed E-state index contributed by atoms with van der Waals surface area (Å²) >= 11 is 0. The zero-order valence-corrected chi connectivity index (χ0v) is 9.91. The van der Waals surface area contributed by atoms with Crippen molar-refractivity contribution < 1.29 is 22.7 Å². The molecule has 0 spiro atoms. The molecule has 1 amide bonds. The number of hydrogen-bond acceptors (Lipinski definition) is 3. The number of anilines is 1. The van der Waals surface area contributed by atoms with E-state index in [-0.39, 0.29) is 12.1 Å². The van der Waals surface area contributed by atoms with Crippen LogP contribution in [0.15, 0.2) is 36.9 Å². The van der Waals surface area contributed by atoms with Crippen LogP contribution in [0.4, 0.5) is 18.9 Å². The average Bonchev–Trinajstić information content (AvgIpc) is 2.30. The Balaban J connectivity index is 2.83. The van der Waals surface area contributed by atoms with Gasteiger partial charge in [0.1, 0.15) is 0 Å². The molecule has 0 saturated carbocycles. The fraction of sp³-hybridized carbons (Fsp3) is 0.250. The van der Waals surface area contributed by atoms with Gasteiger partial charge in [0.15, 0.2) is 5.75 Å². The van der Waals surface area contributed by atoms with Crippen molar-refractivity contribution in [1.29, 1.82) is 0 Å². The molecule has 0 heterocycles. The number of ether oxygens (including phenoxy) is 1. The maximum absolute atomic E-state index is 12.2. The first-order valence-corrected chi connectivity index (χ1v) is 5.35. The van der Waals surface area contributed by atoms with E-state index in [1.54, 1.807) is 0 Å². The third-order valence-electron chi connectivity index (χ3n) is 2.13. The predicted molar refractivity (Wildman–Crippen MR) is 64.5 cm³/mol. The van der Waals surface area contributed by atoms with Crippen LogP contribution in [0.2, 0.25) is 0 Å². The van der Waals surface area contributed by atoms with E-state index in [4.69, 9.17) is 5.73 Å². The molecular formula is C12H13F3N2O2. The van der Waals surface area contributed by atoms with Gasteiger partial charge in [0.25, 0.3) is 0 Å². The Morgan fingerprint density at radius 1 is 1.47 bits per heavy atom. The number of nitrogens with one attached hydrogen (secondary N) is 1. The summed E-state index contributed by atoms with van der Waals surface area (Å²) in [5, 5.41) is 2.28. The highest BCUT2D eigenvalue weighted by molar-refractivity contribution is 5.96. The zero-order chi connectivity index (χ0) is 14.5. The first-order valence-electron chi connectivity index (χ1n) is 5.35. The van der Waals surface area contributed by atoms with Gasteiger partial charge in [0.05, 0.1) is 11.7 Å². The molecule has 0 aromatic heterocycles. The number of hydrogen-bond donors (Lipinski definition) is 2. The Morgan fingerprint density at radius 3 is 2.68 bits per heavy atom. The van der Waals surface area contributed by atoms with Crippen molar-refractivity contribution in [2.24, 2.45) is 5.73 Å². The van der Waals surface area contributed by atoms with E-state index in [1.165, 1.54) is 24.3 Å². The number of amides is 1. The van der Waals surface area contributed by atoms with Crippen LogP contribution in [-0.2, 0) is 4.79 Å². The largest absolute Gasteiger partial charge is 0.573 e. The van der Waals surface area contributed by atoms with Gasteiger partial charge in [-0.2, -0.15) is 0 Å². The summed E-state index contributed by atoms with van der Waals surface area (Å²) in [7, 11) is 0. The summed E-state index contributed by atoms with van der Waals surface area (Å²) in [6, 6.07) is 4.34. The maximum atomic E-state index is 12.2. The molecule has 0 bridgehead atoms. The number of carbonyl (C=O) groups is 1. The van der Waals surface area contributed by atoms with Crippen molar-refractivity contribution in [1.82, 2.24) is 0 Å². The van der Waals surface area contributed by atoms with Crippen molar-refractivity contribution in [2.45, 2.75) is 18.8 Å². The van der Waals surface area contributed by atoms with Crippen LogP contribution in [0.5, 0.6) is 5.75 Å². The van der Waals surface area contributed by atoms with E-state index < -0.39 is 24.1 Å². The summed E-state index contributed by atoms with van der Waals surface area (Å²) in [6.07, 6.45) is -3.17. The standard InChI is InChI=1S/C12H13F3N2O2/c1-2-5-8(16)11(18)17-9-6-3-4-7-10(9)19-12(13,14)15/h2-4,6-8H,1,5,16H2,(H,17,18). The summed E-state index contributed by atoms with van der Waals surface area (Å²) < 4.78 is 40.3. The SMILES string of the molecule is C=CCC(N)C(=O)Nc1ccccc1OC(F)(F)F. The van der Waals surface area contributed by atoms with Gasteiger partial charge in [-0.25, -0.2) is 0 Å². The third kappa shape index (κ3) is 5.01. The minimum atomic E-state index is -4.83. The second kappa shape index (κ2) is 6.24. The molecule has 0 saturated heterocycles.